The van der Waals surface area contributed by atoms with Gasteiger partial charge in [0.05, 0.1) is 0 Å². The van der Waals surface area contributed by atoms with Crippen molar-refractivity contribution in [1.82, 2.24) is 10.2 Å². The fourth-order valence-electron chi connectivity index (χ4n) is 4.09. The maximum Gasteiger partial charge on any atom is 0.242 e. The SMILES string of the molecule is Clc1ccc([C@@](Br)(c2cccc(Cl)c2)c2nnc([C@@](Br)(c3ccc(Cl)cc3)c3cccc(Cl)c3)o2)cc1. The average molecular weight is 698 g/mol. The Bertz CT molecular complexity index is 1440. The van der Waals surface area contributed by atoms with Crippen LogP contribution in [-0.2, 0) is 8.65 Å². The summed E-state index contributed by atoms with van der Waals surface area (Å²) < 4.78 is 4.50. The maximum atomic E-state index is 6.50. The molecule has 0 aliphatic heterocycles. The van der Waals surface area contributed by atoms with Gasteiger partial charge in [0, 0.05) is 20.1 Å². The first kappa shape index (κ1) is 26.7. The highest BCUT2D eigenvalue weighted by Gasteiger charge is 2.44. The first-order valence-electron chi connectivity index (χ1n) is 11.0. The van der Waals surface area contributed by atoms with Crippen LogP contribution in [0.4, 0.5) is 0 Å². The lowest BCUT2D eigenvalue weighted by molar-refractivity contribution is 0.425. The van der Waals surface area contributed by atoms with Gasteiger partial charge in [0.15, 0.2) is 8.65 Å². The summed E-state index contributed by atoms with van der Waals surface area (Å²) >= 11 is 33.0. The van der Waals surface area contributed by atoms with E-state index in [1.807, 2.05) is 97.1 Å². The molecule has 9 heteroatoms. The Balaban J connectivity index is 1.72. The smallest absolute Gasteiger partial charge is 0.242 e. The van der Waals surface area contributed by atoms with Crippen molar-refractivity contribution in [2.45, 2.75) is 8.65 Å². The van der Waals surface area contributed by atoms with Gasteiger partial charge in [-0.3, -0.25) is 0 Å². The molecule has 5 aromatic rings. The minimum absolute atomic E-state index is 0.312. The van der Waals surface area contributed by atoms with E-state index in [2.05, 4.69) is 42.1 Å². The largest absolute Gasteiger partial charge is 0.421 e. The van der Waals surface area contributed by atoms with Crippen LogP contribution < -0.4 is 0 Å². The van der Waals surface area contributed by atoms with Crippen LogP contribution >= 0.6 is 78.3 Å². The zero-order valence-corrected chi connectivity index (χ0v) is 25.0. The van der Waals surface area contributed by atoms with Gasteiger partial charge in [0.1, 0.15) is 0 Å². The normalized spacial score (nSPS) is 14.6. The molecule has 4 aromatic carbocycles. The first-order valence-corrected chi connectivity index (χ1v) is 14.1. The van der Waals surface area contributed by atoms with Crippen LogP contribution in [0, 0.1) is 0 Å². The third-order valence-corrected chi connectivity index (χ3v) is 9.43. The molecule has 0 bridgehead atoms. The summed E-state index contributed by atoms with van der Waals surface area (Å²) in [5, 5.41) is 11.4. The van der Waals surface area contributed by atoms with Crippen LogP contribution in [0.1, 0.15) is 34.0 Å². The van der Waals surface area contributed by atoms with Crippen molar-refractivity contribution in [3.63, 3.8) is 0 Å². The van der Waals surface area contributed by atoms with Gasteiger partial charge in [0.25, 0.3) is 0 Å². The molecule has 0 radical (unpaired) electrons. The molecule has 0 N–H and O–H groups in total. The molecule has 186 valence electrons. The molecule has 0 aliphatic carbocycles. The highest BCUT2D eigenvalue weighted by molar-refractivity contribution is 9.10. The number of alkyl halides is 2. The van der Waals surface area contributed by atoms with Gasteiger partial charge in [-0.1, -0.05) is 127 Å². The average Bonchev–Trinajstić information content (AvgIpc) is 3.40. The maximum absolute atomic E-state index is 6.50. The van der Waals surface area contributed by atoms with Crippen LogP contribution in [0.5, 0.6) is 0 Å². The van der Waals surface area contributed by atoms with E-state index in [1.165, 1.54) is 0 Å². The van der Waals surface area contributed by atoms with E-state index >= 15 is 0 Å². The van der Waals surface area contributed by atoms with E-state index in [-0.39, 0.29) is 0 Å². The lowest BCUT2D eigenvalue weighted by Gasteiger charge is -2.27. The lowest BCUT2D eigenvalue weighted by Crippen LogP contribution is -2.23. The Morgan fingerprint density at radius 2 is 0.865 bits per heavy atom. The monoisotopic (exact) mass is 694 g/mol. The van der Waals surface area contributed by atoms with Crippen molar-refractivity contribution >= 4 is 78.3 Å². The Kier molecular flexibility index (Phi) is 7.75. The Labute approximate surface area is 251 Å². The molecule has 0 fully saturated rings. The predicted octanol–water partition coefficient (Wildman–Crippen LogP) is 10.1. The number of nitrogens with zero attached hydrogens (tertiary/aromatic N) is 2. The van der Waals surface area contributed by atoms with Crippen molar-refractivity contribution in [2.24, 2.45) is 0 Å². The second-order valence-corrected chi connectivity index (χ2v) is 12.4. The second-order valence-electron chi connectivity index (χ2n) is 8.26. The highest BCUT2D eigenvalue weighted by atomic mass is 79.9. The molecule has 2 atom stereocenters. The minimum atomic E-state index is -1.00. The molecule has 0 spiro atoms. The molecule has 0 saturated heterocycles. The number of benzene rings is 4. The molecule has 1 heterocycles. The minimum Gasteiger partial charge on any atom is -0.421 e. The van der Waals surface area contributed by atoms with Gasteiger partial charge < -0.3 is 4.42 Å². The predicted molar refractivity (Wildman–Crippen MR) is 158 cm³/mol. The van der Waals surface area contributed by atoms with Crippen LogP contribution in [0.2, 0.25) is 20.1 Å². The van der Waals surface area contributed by atoms with Crippen molar-refractivity contribution in [2.75, 3.05) is 0 Å². The van der Waals surface area contributed by atoms with E-state index in [4.69, 9.17) is 50.8 Å². The third-order valence-electron chi connectivity index (χ3n) is 5.94. The fraction of sp³-hybridized carbons (Fsp3) is 0.0714. The molecule has 0 saturated carbocycles. The molecule has 3 nitrogen and oxygen atoms in total. The molecular weight excluding hydrogens is 682 g/mol. The van der Waals surface area contributed by atoms with Gasteiger partial charge in [-0.15, -0.1) is 10.2 Å². The Morgan fingerprint density at radius 3 is 1.22 bits per heavy atom. The third kappa shape index (κ3) is 5.10. The van der Waals surface area contributed by atoms with Crippen molar-refractivity contribution in [3.8, 4) is 0 Å². The van der Waals surface area contributed by atoms with E-state index in [0.29, 0.717) is 31.9 Å². The summed E-state index contributed by atoms with van der Waals surface area (Å²) in [7, 11) is 0. The summed E-state index contributed by atoms with van der Waals surface area (Å²) in [5.41, 5.74) is 3.30. The molecule has 1 aromatic heterocycles. The fourth-order valence-corrected chi connectivity index (χ4v) is 6.07. The summed E-state index contributed by atoms with van der Waals surface area (Å²) in [6.45, 7) is 0. The Hall–Kier alpha value is -1.86. The number of aromatic nitrogens is 2. The zero-order valence-electron chi connectivity index (χ0n) is 18.8. The number of hydrogen-bond donors (Lipinski definition) is 0. The number of rotatable bonds is 6. The van der Waals surface area contributed by atoms with Crippen LogP contribution in [0.25, 0.3) is 0 Å². The quantitative estimate of drug-likeness (QED) is 0.166. The summed E-state index contributed by atoms with van der Waals surface area (Å²) in [4.78, 5) is 0. The van der Waals surface area contributed by atoms with Crippen molar-refractivity contribution in [1.29, 1.82) is 0 Å². The molecule has 5 rings (SSSR count). The van der Waals surface area contributed by atoms with Crippen LogP contribution in [0.15, 0.2) is 101 Å². The number of halogens is 6. The zero-order chi connectivity index (χ0) is 26.2. The van der Waals surface area contributed by atoms with E-state index < -0.39 is 8.65 Å². The molecular formula is C28H16Br2Cl4N2O. The molecule has 0 aliphatic rings. The summed E-state index contributed by atoms with van der Waals surface area (Å²) in [6.07, 6.45) is 0. The standard InChI is InChI=1S/C28H16Br2Cl4N2O/c29-27(17-7-11-21(31)12-8-17,19-3-1-5-23(33)15-19)25-35-36-26(37-25)28(30,18-9-13-22(32)14-10-18)20-4-2-6-24(34)16-20/h1-16H/t27-,28-/m1/s1. The van der Waals surface area contributed by atoms with Gasteiger partial charge in [-0.25, -0.2) is 0 Å². The van der Waals surface area contributed by atoms with Gasteiger partial charge >= 0.3 is 0 Å². The van der Waals surface area contributed by atoms with Crippen LogP contribution in [0.3, 0.4) is 0 Å². The number of hydrogen-bond acceptors (Lipinski definition) is 3. The topological polar surface area (TPSA) is 38.9 Å². The first-order chi connectivity index (χ1) is 17.7. The Morgan fingerprint density at radius 1 is 0.486 bits per heavy atom. The van der Waals surface area contributed by atoms with E-state index in [9.17, 15) is 0 Å². The van der Waals surface area contributed by atoms with Gasteiger partial charge in [0.2, 0.25) is 11.8 Å². The lowest BCUT2D eigenvalue weighted by atomic mass is 9.90. The summed E-state index contributed by atoms with van der Waals surface area (Å²) in [5.74, 6) is 0.624. The second kappa shape index (κ2) is 10.7. The summed E-state index contributed by atoms with van der Waals surface area (Å²) in [6, 6.07) is 29.8. The van der Waals surface area contributed by atoms with Crippen molar-refractivity contribution < 1.29 is 4.42 Å². The van der Waals surface area contributed by atoms with Gasteiger partial charge in [-0.2, -0.15) is 0 Å². The van der Waals surface area contributed by atoms with Crippen LogP contribution in [-0.4, -0.2) is 10.2 Å². The highest BCUT2D eigenvalue weighted by Crippen LogP contribution is 2.49. The van der Waals surface area contributed by atoms with E-state index in [0.717, 1.165) is 22.3 Å². The molecule has 0 amide bonds. The van der Waals surface area contributed by atoms with Gasteiger partial charge in [-0.05, 0) is 70.8 Å². The van der Waals surface area contributed by atoms with Crippen molar-refractivity contribution in [3.05, 3.63) is 151 Å². The molecule has 0 unspecified atom stereocenters. The van der Waals surface area contributed by atoms with E-state index in [1.54, 1.807) is 0 Å². The molecule has 37 heavy (non-hydrogen) atoms.